The van der Waals surface area contributed by atoms with E-state index in [4.69, 9.17) is 0 Å². The molecule has 0 spiro atoms. The Morgan fingerprint density at radius 1 is 0.700 bits per heavy atom. The van der Waals surface area contributed by atoms with Crippen LogP contribution in [0, 0.1) is 30.1 Å². The highest BCUT2D eigenvalue weighted by Crippen LogP contribution is 2.52. The lowest BCUT2D eigenvalue weighted by atomic mass is 9.56. The number of rotatable bonds is 0. The lowest BCUT2D eigenvalue weighted by Gasteiger charge is -2.43. The Bertz CT molecular complexity index is 91.6. The molecule has 0 atom stereocenters. The van der Waals surface area contributed by atoms with Crippen LogP contribution in [0.3, 0.4) is 0 Å². The van der Waals surface area contributed by atoms with Gasteiger partial charge in [0.25, 0.3) is 0 Å². The molecule has 4 rings (SSSR count). The Kier molecular flexibility index (Phi) is 0.948. The van der Waals surface area contributed by atoms with Crippen LogP contribution >= 0.6 is 0 Å². The Morgan fingerprint density at radius 3 is 1.60 bits per heavy atom. The number of hydrogen-bond donors (Lipinski definition) is 0. The third-order valence-corrected chi connectivity index (χ3v) is 3.76. The fourth-order valence-corrected chi connectivity index (χ4v) is 3.65. The molecule has 0 heteroatoms. The molecule has 0 aromatic rings. The lowest BCUT2D eigenvalue weighted by molar-refractivity contribution is 0.0649. The Balaban J connectivity index is 1.90. The van der Waals surface area contributed by atoms with Crippen LogP contribution in [0.25, 0.3) is 0 Å². The topological polar surface area (TPSA) is 0 Å². The third-order valence-electron chi connectivity index (χ3n) is 3.76. The van der Waals surface area contributed by atoms with Crippen molar-refractivity contribution in [3.05, 3.63) is 6.42 Å². The zero-order valence-corrected chi connectivity index (χ0v) is 6.42. The van der Waals surface area contributed by atoms with E-state index < -0.39 is 0 Å². The van der Waals surface area contributed by atoms with Crippen LogP contribution < -0.4 is 0 Å². The first-order valence-electron chi connectivity index (χ1n) is 4.75. The van der Waals surface area contributed by atoms with E-state index in [2.05, 4.69) is 6.42 Å². The minimum atomic E-state index is 1.05. The quantitative estimate of drug-likeness (QED) is 0.448. The maximum absolute atomic E-state index is 2.66. The highest BCUT2D eigenvalue weighted by molar-refractivity contribution is 5.02. The molecule has 0 N–H and O–H groups in total. The van der Waals surface area contributed by atoms with Gasteiger partial charge in [-0.1, -0.05) is 0 Å². The first kappa shape index (κ1) is 5.51. The van der Waals surface area contributed by atoms with Gasteiger partial charge in [-0.3, -0.25) is 0 Å². The summed E-state index contributed by atoms with van der Waals surface area (Å²) in [7, 11) is 0. The molecule has 0 aliphatic heterocycles. The second-order valence-electron chi connectivity index (χ2n) is 4.62. The van der Waals surface area contributed by atoms with Crippen molar-refractivity contribution in [3.8, 4) is 0 Å². The summed E-state index contributed by atoms with van der Waals surface area (Å²) in [6.45, 7) is 0. The molecule has 4 saturated carbocycles. The zero-order chi connectivity index (χ0) is 6.55. The predicted molar refractivity (Wildman–Crippen MR) is 41.3 cm³/mol. The van der Waals surface area contributed by atoms with Crippen LogP contribution in [-0.4, -0.2) is 0 Å². The summed E-state index contributed by atoms with van der Waals surface area (Å²) in [5.41, 5.74) is 0. The van der Waals surface area contributed by atoms with Crippen LogP contribution in [0.2, 0.25) is 0 Å². The molecule has 0 heterocycles. The van der Waals surface area contributed by atoms with Crippen LogP contribution in [0.4, 0.5) is 0 Å². The second-order valence-corrected chi connectivity index (χ2v) is 4.62. The molecule has 4 aliphatic carbocycles. The molecule has 4 aliphatic rings. The second kappa shape index (κ2) is 1.72. The molecule has 0 aromatic heterocycles. The molecular formula is C10H15+. The van der Waals surface area contributed by atoms with Crippen molar-refractivity contribution in [3.63, 3.8) is 0 Å². The van der Waals surface area contributed by atoms with Crippen molar-refractivity contribution < 1.29 is 0 Å². The molecule has 54 valence electrons. The van der Waals surface area contributed by atoms with Gasteiger partial charge in [-0.15, -0.1) is 0 Å². The summed E-state index contributed by atoms with van der Waals surface area (Å²) < 4.78 is 0. The summed E-state index contributed by atoms with van der Waals surface area (Å²) in [5, 5.41) is 0. The largest absolute Gasteiger partial charge is 0.0986 e. The Labute approximate surface area is 63.0 Å². The van der Waals surface area contributed by atoms with Gasteiger partial charge in [0.15, 0.2) is 0 Å². The number of hydrogen-bond acceptors (Lipinski definition) is 0. The summed E-state index contributed by atoms with van der Waals surface area (Å²) in [4.78, 5) is 0. The van der Waals surface area contributed by atoms with Gasteiger partial charge in [-0.25, -0.2) is 0 Å². The fraction of sp³-hybridized carbons (Fsp3) is 0.900. The monoisotopic (exact) mass is 135 g/mol. The van der Waals surface area contributed by atoms with Crippen LogP contribution in [0.1, 0.15) is 32.1 Å². The van der Waals surface area contributed by atoms with E-state index in [0.717, 1.165) is 23.7 Å². The maximum atomic E-state index is 2.66. The zero-order valence-electron chi connectivity index (χ0n) is 6.42. The highest BCUT2D eigenvalue weighted by Gasteiger charge is 2.48. The summed E-state index contributed by atoms with van der Waals surface area (Å²) >= 11 is 0. The van der Waals surface area contributed by atoms with Crippen molar-refractivity contribution in [1.29, 1.82) is 0 Å². The summed E-state index contributed by atoms with van der Waals surface area (Å²) in [6.07, 6.45) is 10.4. The third kappa shape index (κ3) is 0.652. The first-order valence-corrected chi connectivity index (χ1v) is 4.75. The molecule has 0 radical (unpaired) electrons. The molecule has 0 nitrogen and oxygen atoms in total. The summed E-state index contributed by atoms with van der Waals surface area (Å²) in [6, 6.07) is 0. The summed E-state index contributed by atoms with van der Waals surface area (Å²) in [5.74, 6) is 4.40. The van der Waals surface area contributed by atoms with Crippen LogP contribution in [0.15, 0.2) is 0 Å². The van der Waals surface area contributed by atoms with Crippen molar-refractivity contribution in [2.24, 2.45) is 23.7 Å². The average molecular weight is 135 g/mol. The molecule has 0 unspecified atom stereocenters. The van der Waals surface area contributed by atoms with Gasteiger partial charge in [0.05, 0.1) is 18.3 Å². The van der Waals surface area contributed by atoms with E-state index in [0.29, 0.717) is 0 Å². The van der Waals surface area contributed by atoms with Gasteiger partial charge in [-0.2, -0.15) is 0 Å². The lowest BCUT2D eigenvalue weighted by Crippen LogP contribution is -2.38. The van der Waals surface area contributed by atoms with Gasteiger partial charge in [-0.05, 0) is 43.9 Å². The standard InChI is InChI=1S/C10H15/c1-7-2-9-4-8(1)5-10(3-7)6-9/h1,7-10H,2-6H2/q+1. The van der Waals surface area contributed by atoms with Crippen molar-refractivity contribution in [1.82, 2.24) is 0 Å². The fourth-order valence-electron chi connectivity index (χ4n) is 3.65. The van der Waals surface area contributed by atoms with Gasteiger partial charge in [0.1, 0.15) is 0 Å². The van der Waals surface area contributed by atoms with E-state index >= 15 is 0 Å². The average Bonchev–Trinajstić information content (AvgIpc) is 1.82. The van der Waals surface area contributed by atoms with Crippen molar-refractivity contribution in [2.75, 3.05) is 0 Å². The van der Waals surface area contributed by atoms with Crippen LogP contribution in [-0.2, 0) is 0 Å². The minimum Gasteiger partial charge on any atom is -0.0469 e. The molecule has 0 amide bonds. The minimum absolute atomic E-state index is 1.05. The van der Waals surface area contributed by atoms with Gasteiger partial charge >= 0.3 is 0 Å². The molecule has 4 bridgehead atoms. The Morgan fingerprint density at radius 2 is 1.20 bits per heavy atom. The maximum Gasteiger partial charge on any atom is 0.0986 e. The van der Waals surface area contributed by atoms with Gasteiger partial charge in [0, 0.05) is 0 Å². The molecule has 0 saturated heterocycles. The normalized spacial score (nSPS) is 56.8. The molecule has 4 fully saturated rings. The van der Waals surface area contributed by atoms with Crippen molar-refractivity contribution in [2.45, 2.75) is 32.1 Å². The van der Waals surface area contributed by atoms with Crippen LogP contribution in [0.5, 0.6) is 0 Å². The highest BCUT2D eigenvalue weighted by atomic mass is 14.5. The van der Waals surface area contributed by atoms with E-state index in [9.17, 15) is 0 Å². The van der Waals surface area contributed by atoms with E-state index in [1.54, 1.807) is 32.1 Å². The van der Waals surface area contributed by atoms with Gasteiger partial charge < -0.3 is 0 Å². The molecule has 10 heavy (non-hydrogen) atoms. The SMILES string of the molecule is [CH+]1C2CC3CC1CC(C2)C3. The van der Waals surface area contributed by atoms with E-state index in [-0.39, 0.29) is 0 Å². The van der Waals surface area contributed by atoms with E-state index in [1.807, 2.05) is 0 Å². The van der Waals surface area contributed by atoms with E-state index in [1.165, 1.54) is 0 Å². The molecular weight excluding hydrogens is 120 g/mol. The van der Waals surface area contributed by atoms with Gasteiger partial charge in [0.2, 0.25) is 0 Å². The van der Waals surface area contributed by atoms with Crippen molar-refractivity contribution >= 4 is 0 Å². The predicted octanol–water partition coefficient (Wildman–Crippen LogP) is 2.65. The smallest absolute Gasteiger partial charge is 0.0469 e. The first-order chi connectivity index (χ1) is 4.90. The Hall–Kier alpha value is -0.130. The molecule has 0 aromatic carbocycles.